The molecule has 0 unspecified atom stereocenters. The summed E-state index contributed by atoms with van der Waals surface area (Å²) in [6.07, 6.45) is 5.84. The molecule has 206 valence electrons. The molecule has 1 fully saturated rings. The Bertz CT molecular complexity index is 1250. The van der Waals surface area contributed by atoms with Gasteiger partial charge in [0.2, 0.25) is 21.8 Å². The van der Waals surface area contributed by atoms with Crippen molar-refractivity contribution < 1.29 is 27.7 Å². The van der Waals surface area contributed by atoms with Crippen LogP contribution in [0.5, 0.6) is 5.75 Å². The number of amides is 2. The smallest absolute Gasteiger partial charge is 0.271 e. The van der Waals surface area contributed by atoms with Crippen LogP contribution in [-0.2, 0) is 26.2 Å². The number of rotatable bonds is 11. The molecule has 0 heterocycles. The maximum absolute atomic E-state index is 13.7. The van der Waals surface area contributed by atoms with Crippen molar-refractivity contribution >= 4 is 33.2 Å². The highest BCUT2D eigenvalue weighted by molar-refractivity contribution is 7.92. The number of nitro benzene ring substituents is 1. The largest absolute Gasteiger partial charge is 0.495 e. The molecule has 11 nitrogen and oxygen atoms in total. The van der Waals surface area contributed by atoms with Gasteiger partial charge in [0.25, 0.3) is 5.69 Å². The molecule has 2 amide bonds. The quantitative estimate of drug-likeness (QED) is 0.337. The SMILES string of the molecule is COc1ccc([N+](=O)[O-])cc1N(CC(=O)N(Cc1ccccc1)[C@@H](C)C(=O)NC1CCCCC1)S(C)(=O)=O. The van der Waals surface area contributed by atoms with Gasteiger partial charge in [0.15, 0.2) is 0 Å². The number of methoxy groups -OCH3 is 1. The molecule has 1 atom stereocenters. The number of carbonyl (C=O) groups is 2. The Morgan fingerprint density at radius 3 is 2.37 bits per heavy atom. The van der Waals surface area contributed by atoms with Crippen molar-refractivity contribution in [1.82, 2.24) is 10.2 Å². The molecule has 0 aliphatic heterocycles. The van der Waals surface area contributed by atoms with Crippen molar-refractivity contribution in [2.45, 2.75) is 57.7 Å². The lowest BCUT2D eigenvalue weighted by atomic mass is 9.95. The molecule has 1 saturated carbocycles. The number of anilines is 1. The van der Waals surface area contributed by atoms with Gasteiger partial charge in [0.1, 0.15) is 24.0 Å². The van der Waals surface area contributed by atoms with Gasteiger partial charge < -0.3 is 15.0 Å². The normalized spacial score (nSPS) is 14.8. The van der Waals surface area contributed by atoms with Gasteiger partial charge in [-0.2, -0.15) is 0 Å². The van der Waals surface area contributed by atoms with Crippen LogP contribution < -0.4 is 14.4 Å². The monoisotopic (exact) mass is 546 g/mol. The molecule has 3 rings (SSSR count). The second-order valence-corrected chi connectivity index (χ2v) is 11.3. The summed E-state index contributed by atoms with van der Waals surface area (Å²) >= 11 is 0. The first-order valence-corrected chi connectivity index (χ1v) is 14.3. The van der Waals surface area contributed by atoms with E-state index in [1.807, 2.05) is 30.3 Å². The number of nitrogens with one attached hydrogen (secondary N) is 1. The maximum Gasteiger partial charge on any atom is 0.271 e. The Balaban J connectivity index is 1.94. The minimum atomic E-state index is -4.08. The molecule has 2 aromatic rings. The van der Waals surface area contributed by atoms with Crippen molar-refractivity contribution in [1.29, 1.82) is 0 Å². The average Bonchev–Trinajstić information content (AvgIpc) is 2.90. The van der Waals surface area contributed by atoms with E-state index in [2.05, 4.69) is 5.32 Å². The Morgan fingerprint density at radius 1 is 1.13 bits per heavy atom. The fraction of sp³-hybridized carbons (Fsp3) is 0.462. The zero-order chi connectivity index (χ0) is 27.9. The minimum absolute atomic E-state index is 0.0361. The number of carbonyl (C=O) groups excluding carboxylic acids is 2. The molecular weight excluding hydrogens is 512 g/mol. The van der Waals surface area contributed by atoms with Crippen LogP contribution in [0.2, 0.25) is 0 Å². The van der Waals surface area contributed by atoms with Gasteiger partial charge in [-0.15, -0.1) is 0 Å². The van der Waals surface area contributed by atoms with Gasteiger partial charge in [-0.05, 0) is 31.4 Å². The lowest BCUT2D eigenvalue weighted by Crippen LogP contribution is -2.53. The zero-order valence-electron chi connectivity index (χ0n) is 21.8. The third kappa shape index (κ3) is 7.44. The van der Waals surface area contributed by atoms with Crippen molar-refractivity contribution in [2.24, 2.45) is 0 Å². The second kappa shape index (κ2) is 12.7. The predicted molar refractivity (Wildman–Crippen MR) is 143 cm³/mol. The molecule has 0 spiro atoms. The van der Waals surface area contributed by atoms with Gasteiger partial charge in [-0.1, -0.05) is 49.6 Å². The molecule has 1 aliphatic carbocycles. The molecule has 1 N–H and O–H groups in total. The summed E-state index contributed by atoms with van der Waals surface area (Å²) in [5, 5.41) is 14.4. The Kier molecular flexibility index (Phi) is 9.67. The molecule has 0 radical (unpaired) electrons. The molecule has 0 saturated heterocycles. The Labute approximate surface area is 223 Å². The van der Waals surface area contributed by atoms with Gasteiger partial charge in [-0.25, -0.2) is 8.42 Å². The minimum Gasteiger partial charge on any atom is -0.495 e. The number of benzene rings is 2. The van der Waals surface area contributed by atoms with Gasteiger partial charge in [0.05, 0.1) is 18.3 Å². The fourth-order valence-electron chi connectivity index (χ4n) is 4.51. The van der Waals surface area contributed by atoms with E-state index >= 15 is 0 Å². The van der Waals surface area contributed by atoms with Crippen LogP contribution in [-0.4, -0.2) is 62.0 Å². The van der Waals surface area contributed by atoms with Crippen molar-refractivity contribution in [3.05, 3.63) is 64.2 Å². The number of nitrogens with zero attached hydrogens (tertiary/aromatic N) is 3. The van der Waals surface area contributed by atoms with E-state index < -0.39 is 33.4 Å². The van der Waals surface area contributed by atoms with Gasteiger partial charge in [0, 0.05) is 24.7 Å². The van der Waals surface area contributed by atoms with Crippen LogP contribution in [0.15, 0.2) is 48.5 Å². The maximum atomic E-state index is 13.7. The van der Waals surface area contributed by atoms with Crippen molar-refractivity contribution in [3.8, 4) is 5.75 Å². The fourth-order valence-corrected chi connectivity index (χ4v) is 5.36. The second-order valence-electron chi connectivity index (χ2n) is 9.41. The van der Waals surface area contributed by atoms with Crippen LogP contribution in [0.25, 0.3) is 0 Å². The third-order valence-corrected chi connectivity index (χ3v) is 7.76. The van der Waals surface area contributed by atoms with Crippen molar-refractivity contribution in [3.63, 3.8) is 0 Å². The molecule has 0 bridgehead atoms. The van der Waals surface area contributed by atoms with Crippen LogP contribution in [0, 0.1) is 10.1 Å². The highest BCUT2D eigenvalue weighted by Crippen LogP contribution is 2.34. The third-order valence-electron chi connectivity index (χ3n) is 6.64. The molecule has 1 aliphatic rings. The first-order valence-electron chi connectivity index (χ1n) is 12.4. The van der Waals surface area contributed by atoms with E-state index in [1.165, 1.54) is 24.1 Å². The van der Waals surface area contributed by atoms with E-state index in [4.69, 9.17) is 4.74 Å². The average molecular weight is 547 g/mol. The lowest BCUT2D eigenvalue weighted by Gasteiger charge is -2.33. The van der Waals surface area contributed by atoms with Crippen LogP contribution in [0.4, 0.5) is 11.4 Å². The number of ether oxygens (including phenoxy) is 1. The molecule has 2 aromatic carbocycles. The molecule has 12 heteroatoms. The van der Waals surface area contributed by atoms with E-state index in [1.54, 1.807) is 6.92 Å². The summed E-state index contributed by atoms with van der Waals surface area (Å²) in [6.45, 7) is 1.00. The molecule has 0 aromatic heterocycles. The Morgan fingerprint density at radius 2 is 1.79 bits per heavy atom. The Hall–Kier alpha value is -3.67. The number of nitro groups is 1. The van der Waals surface area contributed by atoms with E-state index in [0.29, 0.717) is 0 Å². The number of hydrogen-bond donors (Lipinski definition) is 1. The van der Waals surface area contributed by atoms with Crippen LogP contribution in [0.3, 0.4) is 0 Å². The van der Waals surface area contributed by atoms with E-state index in [-0.39, 0.29) is 35.6 Å². The standard InChI is InChI=1S/C26H34N4O7S/c1-19(26(32)27-21-12-8-5-9-13-21)28(17-20-10-6-4-7-11-20)25(31)18-29(38(3,35)36)23-16-22(30(33)34)14-15-24(23)37-2/h4,6-7,10-11,14-16,19,21H,5,8-9,12-13,17-18H2,1-3H3,(H,27,32)/t19-/m0/s1. The number of sulfonamides is 1. The van der Waals surface area contributed by atoms with Crippen LogP contribution in [0.1, 0.15) is 44.6 Å². The summed E-state index contributed by atoms with van der Waals surface area (Å²) in [5.74, 6) is -0.911. The van der Waals surface area contributed by atoms with Gasteiger partial charge in [-0.3, -0.25) is 24.0 Å². The highest BCUT2D eigenvalue weighted by atomic mass is 32.2. The summed E-state index contributed by atoms with van der Waals surface area (Å²) in [5.41, 5.74) is 0.261. The van der Waals surface area contributed by atoms with E-state index in [0.717, 1.165) is 54.3 Å². The highest BCUT2D eigenvalue weighted by Gasteiger charge is 2.32. The zero-order valence-corrected chi connectivity index (χ0v) is 22.6. The first kappa shape index (κ1) is 28.9. The first-order chi connectivity index (χ1) is 18.0. The van der Waals surface area contributed by atoms with Crippen LogP contribution >= 0.6 is 0 Å². The number of hydrogen-bond acceptors (Lipinski definition) is 7. The van der Waals surface area contributed by atoms with Gasteiger partial charge >= 0.3 is 0 Å². The van der Waals surface area contributed by atoms with Crippen molar-refractivity contribution in [2.75, 3.05) is 24.2 Å². The topological polar surface area (TPSA) is 139 Å². The summed E-state index contributed by atoms with van der Waals surface area (Å²) < 4.78 is 31.6. The molecule has 38 heavy (non-hydrogen) atoms. The molecular formula is C26H34N4O7S. The summed E-state index contributed by atoms with van der Waals surface area (Å²) in [6, 6.07) is 11.7. The van der Waals surface area contributed by atoms with E-state index in [9.17, 15) is 28.1 Å². The number of non-ortho nitro benzene ring substituents is 1. The summed E-state index contributed by atoms with van der Waals surface area (Å²) in [7, 11) is -2.78. The predicted octanol–water partition coefficient (Wildman–Crippen LogP) is 3.24. The summed E-state index contributed by atoms with van der Waals surface area (Å²) in [4.78, 5) is 38.9. The lowest BCUT2D eigenvalue weighted by molar-refractivity contribution is -0.384.